The summed E-state index contributed by atoms with van der Waals surface area (Å²) < 4.78 is 0. The molecule has 1 saturated heterocycles. The van der Waals surface area contributed by atoms with Gasteiger partial charge in [-0.3, -0.25) is 0 Å². The van der Waals surface area contributed by atoms with E-state index in [1.54, 1.807) is 0 Å². The van der Waals surface area contributed by atoms with E-state index in [1.807, 2.05) is 11.3 Å². The van der Waals surface area contributed by atoms with Gasteiger partial charge in [0.2, 0.25) is 0 Å². The highest BCUT2D eigenvalue weighted by molar-refractivity contribution is 7.10. The Labute approximate surface area is 71.4 Å². The number of rotatable bonds is 1. The Bertz CT molecular complexity index is 235. The lowest BCUT2D eigenvalue weighted by Gasteiger charge is -2.03. The molecule has 0 bridgehead atoms. The largest absolute Gasteiger partial charge is 0.316 e. The van der Waals surface area contributed by atoms with E-state index in [1.165, 1.54) is 30.0 Å². The number of hydrogen-bond donors (Lipinski definition) is 1. The molecule has 1 fully saturated rings. The first-order chi connectivity index (χ1) is 5.36. The zero-order chi connectivity index (χ0) is 7.68. The van der Waals surface area contributed by atoms with Gasteiger partial charge in [0.15, 0.2) is 0 Å². The van der Waals surface area contributed by atoms with Crippen molar-refractivity contribution in [1.82, 2.24) is 5.32 Å². The third-order valence-corrected chi connectivity index (χ3v) is 3.16. The van der Waals surface area contributed by atoms with Gasteiger partial charge in [0, 0.05) is 11.4 Å². The molecule has 0 amide bonds. The summed E-state index contributed by atoms with van der Waals surface area (Å²) in [5.41, 5.74) is 1.54. The van der Waals surface area contributed by atoms with E-state index in [0.717, 1.165) is 5.92 Å². The minimum absolute atomic E-state index is 0.792. The second-order valence-electron chi connectivity index (χ2n) is 3.18. The summed E-state index contributed by atoms with van der Waals surface area (Å²) in [6, 6.07) is 2.32. The molecule has 1 aromatic rings. The lowest BCUT2D eigenvalue weighted by atomic mass is 10.0. The van der Waals surface area contributed by atoms with Gasteiger partial charge in [0.25, 0.3) is 0 Å². The van der Waals surface area contributed by atoms with E-state index in [-0.39, 0.29) is 0 Å². The molecule has 2 rings (SSSR count). The summed E-state index contributed by atoms with van der Waals surface area (Å²) in [5.74, 6) is 0.792. The Morgan fingerprint density at radius 1 is 1.64 bits per heavy atom. The topological polar surface area (TPSA) is 12.0 Å². The molecule has 60 valence electrons. The van der Waals surface area contributed by atoms with E-state index in [4.69, 9.17) is 0 Å². The molecule has 1 nitrogen and oxygen atoms in total. The Morgan fingerprint density at radius 2 is 2.55 bits per heavy atom. The first kappa shape index (κ1) is 7.32. The maximum atomic E-state index is 3.38. The van der Waals surface area contributed by atoms with E-state index < -0.39 is 0 Å². The number of nitrogens with one attached hydrogen (secondary N) is 1. The molecule has 11 heavy (non-hydrogen) atoms. The highest BCUT2D eigenvalue weighted by Gasteiger charge is 2.16. The minimum Gasteiger partial charge on any atom is -0.316 e. The van der Waals surface area contributed by atoms with Crippen molar-refractivity contribution in [1.29, 1.82) is 0 Å². The zero-order valence-electron chi connectivity index (χ0n) is 6.76. The van der Waals surface area contributed by atoms with Crippen LogP contribution < -0.4 is 5.32 Å². The van der Waals surface area contributed by atoms with Crippen molar-refractivity contribution in [2.45, 2.75) is 19.3 Å². The van der Waals surface area contributed by atoms with Crippen LogP contribution in [0.25, 0.3) is 0 Å². The van der Waals surface area contributed by atoms with Crippen LogP contribution in [-0.2, 0) is 0 Å². The molecule has 1 aliphatic heterocycles. The third-order valence-electron chi connectivity index (χ3n) is 2.28. The Morgan fingerprint density at radius 3 is 3.09 bits per heavy atom. The van der Waals surface area contributed by atoms with Gasteiger partial charge in [0.1, 0.15) is 0 Å². The normalized spacial score (nSPS) is 24.3. The molecule has 1 atom stereocenters. The Hall–Kier alpha value is -0.340. The Kier molecular flexibility index (Phi) is 1.96. The van der Waals surface area contributed by atoms with Crippen LogP contribution in [0, 0.1) is 6.92 Å². The average Bonchev–Trinajstić information content (AvgIpc) is 2.55. The molecular weight excluding hydrogens is 154 g/mol. The molecular formula is C9H13NS. The summed E-state index contributed by atoms with van der Waals surface area (Å²) in [4.78, 5) is 1.44. The van der Waals surface area contributed by atoms with Crippen LogP contribution in [0.4, 0.5) is 0 Å². The van der Waals surface area contributed by atoms with Gasteiger partial charge in [0.05, 0.1) is 0 Å². The van der Waals surface area contributed by atoms with Crippen molar-refractivity contribution in [3.8, 4) is 0 Å². The standard InChI is InChI=1S/C9H13NS/c1-7-4-9(6-11-7)8-2-3-10-5-8/h4,6,8,10H,2-3,5H2,1H3/t8-/m1/s1. The minimum atomic E-state index is 0.792. The van der Waals surface area contributed by atoms with Gasteiger partial charge in [-0.1, -0.05) is 0 Å². The highest BCUT2D eigenvalue weighted by Crippen LogP contribution is 2.26. The van der Waals surface area contributed by atoms with Crippen LogP contribution in [0.5, 0.6) is 0 Å². The molecule has 2 heterocycles. The van der Waals surface area contributed by atoms with Crippen molar-refractivity contribution in [3.63, 3.8) is 0 Å². The number of aryl methyl sites for hydroxylation is 1. The quantitative estimate of drug-likeness (QED) is 0.675. The summed E-state index contributed by atoms with van der Waals surface area (Å²) in [6.45, 7) is 4.55. The fourth-order valence-electron chi connectivity index (χ4n) is 1.62. The smallest absolute Gasteiger partial charge is 0.00209 e. The molecule has 0 saturated carbocycles. The monoisotopic (exact) mass is 167 g/mol. The Balaban J connectivity index is 2.15. The molecule has 0 radical (unpaired) electrons. The predicted octanol–water partition coefficient (Wildman–Crippen LogP) is 2.13. The van der Waals surface area contributed by atoms with Crippen molar-refractivity contribution >= 4 is 11.3 Å². The summed E-state index contributed by atoms with van der Waals surface area (Å²) in [5, 5.41) is 5.68. The van der Waals surface area contributed by atoms with Gasteiger partial charge in [-0.25, -0.2) is 0 Å². The van der Waals surface area contributed by atoms with Crippen molar-refractivity contribution < 1.29 is 0 Å². The molecule has 1 aliphatic rings. The van der Waals surface area contributed by atoms with Crippen LogP contribution in [0.3, 0.4) is 0 Å². The lowest BCUT2D eigenvalue weighted by molar-refractivity contribution is 0.766. The average molecular weight is 167 g/mol. The van der Waals surface area contributed by atoms with Crippen molar-refractivity contribution in [3.05, 3.63) is 21.9 Å². The van der Waals surface area contributed by atoms with E-state index in [0.29, 0.717) is 0 Å². The van der Waals surface area contributed by atoms with Gasteiger partial charge < -0.3 is 5.32 Å². The fraction of sp³-hybridized carbons (Fsp3) is 0.556. The fourth-order valence-corrected chi connectivity index (χ4v) is 2.40. The van der Waals surface area contributed by atoms with E-state index >= 15 is 0 Å². The maximum Gasteiger partial charge on any atom is 0.00209 e. The predicted molar refractivity (Wildman–Crippen MR) is 49.3 cm³/mol. The summed E-state index contributed by atoms with van der Waals surface area (Å²) in [7, 11) is 0. The first-order valence-electron chi connectivity index (χ1n) is 4.12. The van der Waals surface area contributed by atoms with Gasteiger partial charge in [-0.05, 0) is 42.8 Å². The van der Waals surface area contributed by atoms with Gasteiger partial charge in [-0.15, -0.1) is 11.3 Å². The maximum absolute atomic E-state index is 3.38. The van der Waals surface area contributed by atoms with Crippen LogP contribution in [-0.4, -0.2) is 13.1 Å². The van der Waals surface area contributed by atoms with Crippen LogP contribution in [0.2, 0.25) is 0 Å². The lowest BCUT2D eigenvalue weighted by Crippen LogP contribution is -2.07. The summed E-state index contributed by atoms with van der Waals surface area (Å²) in [6.07, 6.45) is 1.32. The van der Waals surface area contributed by atoms with Crippen molar-refractivity contribution in [2.75, 3.05) is 13.1 Å². The molecule has 1 N–H and O–H groups in total. The van der Waals surface area contributed by atoms with E-state index in [9.17, 15) is 0 Å². The molecule has 0 unspecified atom stereocenters. The third kappa shape index (κ3) is 1.47. The second-order valence-corrected chi connectivity index (χ2v) is 4.30. The van der Waals surface area contributed by atoms with Crippen LogP contribution >= 0.6 is 11.3 Å². The van der Waals surface area contributed by atoms with Crippen LogP contribution in [0.15, 0.2) is 11.4 Å². The summed E-state index contributed by atoms with van der Waals surface area (Å²) >= 11 is 1.86. The molecule has 1 aromatic heterocycles. The van der Waals surface area contributed by atoms with Gasteiger partial charge >= 0.3 is 0 Å². The first-order valence-corrected chi connectivity index (χ1v) is 5.00. The van der Waals surface area contributed by atoms with Gasteiger partial charge in [-0.2, -0.15) is 0 Å². The van der Waals surface area contributed by atoms with Crippen molar-refractivity contribution in [2.24, 2.45) is 0 Å². The molecule has 2 heteroatoms. The number of hydrogen-bond acceptors (Lipinski definition) is 2. The zero-order valence-corrected chi connectivity index (χ0v) is 7.58. The van der Waals surface area contributed by atoms with E-state index in [2.05, 4.69) is 23.7 Å². The molecule has 0 aliphatic carbocycles. The number of thiophene rings is 1. The van der Waals surface area contributed by atoms with Crippen LogP contribution in [0.1, 0.15) is 22.8 Å². The second kappa shape index (κ2) is 2.95. The molecule has 0 aromatic carbocycles. The SMILES string of the molecule is Cc1cc([C@@H]2CCNC2)cs1. The highest BCUT2D eigenvalue weighted by atomic mass is 32.1. The molecule has 0 spiro atoms.